The van der Waals surface area contributed by atoms with Crippen molar-refractivity contribution in [3.8, 4) is 0 Å². The zero-order valence-electron chi connectivity index (χ0n) is 12.4. The Hall–Kier alpha value is -0.610. The van der Waals surface area contributed by atoms with E-state index in [4.69, 9.17) is 10.5 Å². The summed E-state index contributed by atoms with van der Waals surface area (Å²) in [6.45, 7) is 7.82. The van der Waals surface area contributed by atoms with E-state index in [0.717, 1.165) is 52.0 Å². The van der Waals surface area contributed by atoms with Gasteiger partial charge in [0.1, 0.15) is 0 Å². The first-order valence-corrected chi connectivity index (χ1v) is 7.68. The number of ether oxygens (including phenoxy) is 1. The highest BCUT2D eigenvalue weighted by Gasteiger charge is 2.34. The van der Waals surface area contributed by atoms with Crippen molar-refractivity contribution in [3.63, 3.8) is 0 Å². The van der Waals surface area contributed by atoms with Crippen molar-refractivity contribution < 1.29 is 9.53 Å². The van der Waals surface area contributed by atoms with Gasteiger partial charge in [0, 0.05) is 26.3 Å². The van der Waals surface area contributed by atoms with Gasteiger partial charge in [-0.3, -0.25) is 4.79 Å². The molecule has 2 fully saturated rings. The molecule has 2 saturated heterocycles. The molecule has 2 N–H and O–H groups in total. The molecule has 110 valence electrons. The van der Waals surface area contributed by atoms with E-state index in [-0.39, 0.29) is 11.9 Å². The number of carbonyl (C=O) groups excluding carboxylic acids is 1. The zero-order valence-corrected chi connectivity index (χ0v) is 12.4. The third kappa shape index (κ3) is 3.48. The Balaban J connectivity index is 1.86. The second-order valence-electron chi connectivity index (χ2n) is 6.47. The summed E-state index contributed by atoms with van der Waals surface area (Å²) in [4.78, 5) is 14.4. The molecule has 0 spiro atoms. The van der Waals surface area contributed by atoms with Crippen molar-refractivity contribution >= 4 is 5.91 Å². The SMILES string of the molecule is CCC1(C)CCN(C(=O)C(N)C2CCOCC2)CC1. The Morgan fingerprint density at radius 3 is 2.47 bits per heavy atom. The van der Waals surface area contributed by atoms with Crippen LogP contribution < -0.4 is 5.73 Å². The molecule has 0 aliphatic carbocycles. The van der Waals surface area contributed by atoms with Crippen LogP contribution >= 0.6 is 0 Å². The fourth-order valence-corrected chi connectivity index (χ4v) is 3.11. The number of nitrogens with two attached hydrogens (primary N) is 1. The lowest BCUT2D eigenvalue weighted by Crippen LogP contribution is -2.52. The molecule has 1 amide bonds. The summed E-state index contributed by atoms with van der Waals surface area (Å²) in [5.41, 5.74) is 6.59. The molecule has 0 aromatic rings. The van der Waals surface area contributed by atoms with Gasteiger partial charge in [-0.25, -0.2) is 0 Å². The van der Waals surface area contributed by atoms with Crippen LogP contribution in [0, 0.1) is 11.3 Å². The van der Waals surface area contributed by atoms with Crippen LogP contribution in [-0.4, -0.2) is 43.2 Å². The highest BCUT2D eigenvalue weighted by molar-refractivity contribution is 5.82. The van der Waals surface area contributed by atoms with Crippen LogP contribution in [-0.2, 0) is 9.53 Å². The van der Waals surface area contributed by atoms with Crippen molar-refractivity contribution in [1.82, 2.24) is 4.90 Å². The van der Waals surface area contributed by atoms with Crippen LogP contribution in [0.2, 0.25) is 0 Å². The highest BCUT2D eigenvalue weighted by atomic mass is 16.5. The first-order chi connectivity index (χ1) is 9.06. The van der Waals surface area contributed by atoms with Gasteiger partial charge in [0.15, 0.2) is 0 Å². The molecule has 0 radical (unpaired) electrons. The number of carbonyl (C=O) groups is 1. The first-order valence-electron chi connectivity index (χ1n) is 7.68. The third-order valence-corrected chi connectivity index (χ3v) is 5.19. The Kier molecular flexibility index (Phi) is 4.85. The minimum absolute atomic E-state index is 0.157. The predicted octanol–water partition coefficient (Wildman–Crippen LogP) is 1.78. The summed E-state index contributed by atoms with van der Waals surface area (Å²) in [5.74, 6) is 0.464. The van der Waals surface area contributed by atoms with Crippen LogP contribution in [0.5, 0.6) is 0 Å². The molecule has 1 unspecified atom stereocenters. The van der Waals surface area contributed by atoms with Gasteiger partial charge in [-0.15, -0.1) is 0 Å². The second-order valence-corrected chi connectivity index (χ2v) is 6.47. The maximum Gasteiger partial charge on any atom is 0.239 e. The van der Waals surface area contributed by atoms with Gasteiger partial charge in [-0.1, -0.05) is 20.3 Å². The Labute approximate surface area is 116 Å². The predicted molar refractivity (Wildman–Crippen MR) is 75.7 cm³/mol. The number of hydrogen-bond donors (Lipinski definition) is 1. The number of likely N-dealkylation sites (tertiary alicyclic amines) is 1. The molecule has 4 nitrogen and oxygen atoms in total. The fraction of sp³-hybridized carbons (Fsp3) is 0.933. The standard InChI is InChI=1S/C15H28N2O2/c1-3-15(2)6-8-17(9-7-15)14(18)13(16)12-4-10-19-11-5-12/h12-13H,3-11,16H2,1-2H3. The third-order valence-electron chi connectivity index (χ3n) is 5.19. The summed E-state index contributed by atoms with van der Waals surface area (Å²) in [7, 11) is 0. The molecule has 0 aromatic carbocycles. The summed E-state index contributed by atoms with van der Waals surface area (Å²) in [5, 5.41) is 0. The van der Waals surface area contributed by atoms with Crippen molar-refractivity contribution in [2.75, 3.05) is 26.3 Å². The van der Waals surface area contributed by atoms with Crippen LogP contribution in [0.15, 0.2) is 0 Å². The zero-order chi connectivity index (χ0) is 13.9. The molecule has 1 atom stereocenters. The lowest BCUT2D eigenvalue weighted by atomic mass is 9.78. The maximum atomic E-state index is 12.5. The average Bonchev–Trinajstić information content (AvgIpc) is 2.47. The summed E-state index contributed by atoms with van der Waals surface area (Å²) in [6.07, 6.45) is 5.26. The summed E-state index contributed by atoms with van der Waals surface area (Å²) >= 11 is 0. The van der Waals surface area contributed by atoms with Gasteiger partial charge in [-0.05, 0) is 37.0 Å². The molecule has 4 heteroatoms. The number of nitrogens with zero attached hydrogens (tertiary/aromatic N) is 1. The molecule has 0 bridgehead atoms. The van der Waals surface area contributed by atoms with Crippen LogP contribution in [0.1, 0.15) is 46.0 Å². The van der Waals surface area contributed by atoms with Crippen molar-refractivity contribution in [2.24, 2.45) is 17.1 Å². The highest BCUT2D eigenvalue weighted by Crippen LogP contribution is 2.34. The fourth-order valence-electron chi connectivity index (χ4n) is 3.11. The molecular weight excluding hydrogens is 240 g/mol. The molecule has 2 heterocycles. The van der Waals surface area contributed by atoms with E-state index < -0.39 is 0 Å². The van der Waals surface area contributed by atoms with Crippen molar-refractivity contribution in [2.45, 2.75) is 52.0 Å². The number of amides is 1. The number of piperidine rings is 1. The normalized spacial score (nSPS) is 26.2. The molecule has 0 aromatic heterocycles. The van der Waals surface area contributed by atoms with E-state index in [1.807, 2.05) is 4.90 Å². The van der Waals surface area contributed by atoms with E-state index in [9.17, 15) is 4.79 Å². The van der Waals surface area contributed by atoms with E-state index in [1.54, 1.807) is 0 Å². The van der Waals surface area contributed by atoms with E-state index in [2.05, 4.69) is 13.8 Å². The van der Waals surface area contributed by atoms with Crippen molar-refractivity contribution in [3.05, 3.63) is 0 Å². The molecule has 0 saturated carbocycles. The van der Waals surface area contributed by atoms with Gasteiger partial charge in [0.2, 0.25) is 5.91 Å². The minimum Gasteiger partial charge on any atom is -0.381 e. The molecule has 2 aliphatic heterocycles. The van der Waals surface area contributed by atoms with Crippen LogP contribution in [0.25, 0.3) is 0 Å². The quantitative estimate of drug-likeness (QED) is 0.849. The van der Waals surface area contributed by atoms with Crippen LogP contribution in [0.4, 0.5) is 0 Å². The molecule has 19 heavy (non-hydrogen) atoms. The summed E-state index contributed by atoms with van der Waals surface area (Å²) < 4.78 is 5.34. The van der Waals surface area contributed by atoms with Gasteiger partial charge < -0.3 is 15.4 Å². The first kappa shape index (κ1) is 14.8. The molecule has 2 rings (SSSR count). The van der Waals surface area contributed by atoms with Gasteiger partial charge in [0.05, 0.1) is 6.04 Å². The number of hydrogen-bond acceptors (Lipinski definition) is 3. The van der Waals surface area contributed by atoms with Gasteiger partial charge in [0.25, 0.3) is 0 Å². The maximum absolute atomic E-state index is 12.5. The lowest BCUT2D eigenvalue weighted by molar-refractivity contribution is -0.137. The topological polar surface area (TPSA) is 55.6 Å². The van der Waals surface area contributed by atoms with E-state index in [0.29, 0.717) is 11.3 Å². The van der Waals surface area contributed by atoms with E-state index in [1.165, 1.54) is 6.42 Å². The van der Waals surface area contributed by atoms with E-state index >= 15 is 0 Å². The molecule has 2 aliphatic rings. The monoisotopic (exact) mass is 268 g/mol. The summed E-state index contributed by atoms with van der Waals surface area (Å²) in [6, 6.07) is -0.324. The largest absolute Gasteiger partial charge is 0.381 e. The minimum atomic E-state index is -0.324. The van der Waals surface area contributed by atoms with Crippen molar-refractivity contribution in [1.29, 1.82) is 0 Å². The Bertz CT molecular complexity index is 305. The second kappa shape index (κ2) is 6.23. The average molecular weight is 268 g/mol. The Morgan fingerprint density at radius 1 is 1.37 bits per heavy atom. The number of rotatable bonds is 3. The van der Waals surface area contributed by atoms with Gasteiger partial charge >= 0.3 is 0 Å². The molecular formula is C15H28N2O2. The lowest BCUT2D eigenvalue weighted by Gasteiger charge is -2.40. The van der Waals surface area contributed by atoms with Crippen LogP contribution in [0.3, 0.4) is 0 Å². The smallest absolute Gasteiger partial charge is 0.239 e. The van der Waals surface area contributed by atoms with Gasteiger partial charge in [-0.2, -0.15) is 0 Å². The Morgan fingerprint density at radius 2 is 1.95 bits per heavy atom.